The first-order valence-electron chi connectivity index (χ1n) is 5.51. The van der Waals surface area contributed by atoms with Crippen LogP contribution in [0.15, 0.2) is 34.3 Å². The van der Waals surface area contributed by atoms with Crippen molar-refractivity contribution in [3.05, 3.63) is 39.9 Å². The van der Waals surface area contributed by atoms with Crippen molar-refractivity contribution in [2.75, 3.05) is 18.0 Å². The first-order chi connectivity index (χ1) is 8.08. The zero-order valence-corrected chi connectivity index (χ0v) is 11.2. The van der Waals surface area contributed by atoms with Gasteiger partial charge in [-0.15, -0.1) is 0 Å². The lowest BCUT2D eigenvalue weighted by molar-refractivity contribution is -0.132. The van der Waals surface area contributed by atoms with Gasteiger partial charge < -0.3 is 10.0 Å². The maximum absolute atomic E-state index is 10.8. The molecule has 0 aromatic heterocycles. The number of hydrogen-bond acceptors (Lipinski definition) is 2. The number of carboxylic acid groups (broad SMARTS) is 1. The fourth-order valence-corrected chi connectivity index (χ4v) is 2.24. The Morgan fingerprint density at radius 2 is 2.24 bits per heavy atom. The number of hydrogen-bond donors (Lipinski definition) is 1. The van der Waals surface area contributed by atoms with E-state index < -0.39 is 5.97 Å². The summed E-state index contributed by atoms with van der Waals surface area (Å²) in [4.78, 5) is 13.0. The Bertz CT molecular complexity index is 482. The second-order valence-electron chi connectivity index (χ2n) is 4.16. The van der Waals surface area contributed by atoms with Crippen LogP contribution in [0.1, 0.15) is 12.0 Å². The van der Waals surface area contributed by atoms with E-state index >= 15 is 0 Å². The monoisotopic (exact) mass is 295 g/mol. The Balaban J connectivity index is 2.15. The van der Waals surface area contributed by atoms with Crippen LogP contribution in [0.2, 0.25) is 0 Å². The molecule has 1 aliphatic rings. The van der Waals surface area contributed by atoms with E-state index in [0.717, 1.165) is 16.7 Å². The van der Waals surface area contributed by atoms with Crippen LogP contribution in [0.5, 0.6) is 0 Å². The van der Waals surface area contributed by atoms with Gasteiger partial charge in [0, 0.05) is 28.8 Å². The molecule has 1 aliphatic heterocycles. The van der Waals surface area contributed by atoms with Crippen LogP contribution >= 0.6 is 15.9 Å². The van der Waals surface area contributed by atoms with Crippen LogP contribution < -0.4 is 4.90 Å². The standard InChI is InChI=1S/C13H14BrNO2/c1-9-2-3-11(8-12(9)14)15-6-4-10(5-7-15)13(16)17/h2-4,8H,5-7H2,1H3,(H,16,17). The molecule has 0 radical (unpaired) electrons. The van der Waals surface area contributed by atoms with Gasteiger partial charge in [0.15, 0.2) is 0 Å². The van der Waals surface area contributed by atoms with Crippen LogP contribution in [0, 0.1) is 6.92 Å². The van der Waals surface area contributed by atoms with Crippen LogP contribution in [-0.4, -0.2) is 24.2 Å². The number of aliphatic carboxylic acids is 1. The molecule has 2 rings (SSSR count). The molecule has 90 valence electrons. The highest BCUT2D eigenvalue weighted by atomic mass is 79.9. The smallest absolute Gasteiger partial charge is 0.331 e. The number of halogens is 1. The van der Waals surface area contributed by atoms with Crippen LogP contribution in [0.4, 0.5) is 5.69 Å². The van der Waals surface area contributed by atoms with Gasteiger partial charge in [0.2, 0.25) is 0 Å². The molecule has 1 N–H and O–H groups in total. The largest absolute Gasteiger partial charge is 0.478 e. The summed E-state index contributed by atoms with van der Waals surface area (Å²) in [6.07, 6.45) is 2.39. The summed E-state index contributed by atoms with van der Waals surface area (Å²) in [5.74, 6) is -0.797. The van der Waals surface area contributed by atoms with Crippen molar-refractivity contribution in [2.45, 2.75) is 13.3 Å². The van der Waals surface area contributed by atoms with Gasteiger partial charge in [-0.1, -0.05) is 28.1 Å². The lowest BCUT2D eigenvalue weighted by Gasteiger charge is -2.27. The molecule has 0 amide bonds. The molecule has 1 aromatic carbocycles. The van der Waals surface area contributed by atoms with Gasteiger partial charge in [-0.2, -0.15) is 0 Å². The Kier molecular flexibility index (Phi) is 3.52. The molecule has 4 heteroatoms. The molecule has 0 unspecified atom stereocenters. The molecule has 0 fully saturated rings. The number of nitrogens with zero attached hydrogens (tertiary/aromatic N) is 1. The third-order valence-electron chi connectivity index (χ3n) is 3.00. The molecular formula is C13H14BrNO2. The minimum absolute atomic E-state index is 0.521. The molecule has 0 saturated carbocycles. The molecular weight excluding hydrogens is 282 g/mol. The lowest BCUT2D eigenvalue weighted by Crippen LogP contribution is -2.30. The van der Waals surface area contributed by atoms with E-state index in [1.165, 1.54) is 5.56 Å². The Morgan fingerprint density at radius 1 is 1.47 bits per heavy atom. The second-order valence-corrected chi connectivity index (χ2v) is 5.02. The molecule has 0 saturated heterocycles. The maximum Gasteiger partial charge on any atom is 0.331 e. The Hall–Kier alpha value is -1.29. The number of carbonyl (C=O) groups is 1. The summed E-state index contributed by atoms with van der Waals surface area (Å²) < 4.78 is 1.09. The molecule has 0 bridgehead atoms. The first-order valence-corrected chi connectivity index (χ1v) is 6.30. The highest BCUT2D eigenvalue weighted by Crippen LogP contribution is 2.25. The predicted octanol–water partition coefficient (Wildman–Crippen LogP) is 2.98. The van der Waals surface area contributed by atoms with Gasteiger partial charge in [0.25, 0.3) is 0 Å². The fourth-order valence-electron chi connectivity index (χ4n) is 1.88. The normalized spacial score (nSPS) is 15.6. The minimum Gasteiger partial charge on any atom is -0.478 e. The molecule has 3 nitrogen and oxygen atoms in total. The molecule has 1 aromatic rings. The van der Waals surface area contributed by atoms with Crippen molar-refractivity contribution in [1.82, 2.24) is 0 Å². The number of anilines is 1. The third kappa shape index (κ3) is 2.69. The molecule has 17 heavy (non-hydrogen) atoms. The van der Waals surface area contributed by atoms with Gasteiger partial charge in [-0.05, 0) is 31.0 Å². The van der Waals surface area contributed by atoms with Crippen LogP contribution in [0.25, 0.3) is 0 Å². The van der Waals surface area contributed by atoms with Gasteiger partial charge in [0.1, 0.15) is 0 Å². The van der Waals surface area contributed by atoms with Gasteiger partial charge >= 0.3 is 5.97 Å². The van der Waals surface area contributed by atoms with Gasteiger partial charge in [0.05, 0.1) is 0 Å². The SMILES string of the molecule is Cc1ccc(N2CC=C(C(=O)O)CC2)cc1Br. The zero-order valence-electron chi connectivity index (χ0n) is 9.61. The van der Waals surface area contributed by atoms with E-state index in [2.05, 4.69) is 39.0 Å². The quantitative estimate of drug-likeness (QED) is 0.912. The number of carboxylic acids is 1. The lowest BCUT2D eigenvalue weighted by atomic mass is 10.1. The Morgan fingerprint density at radius 3 is 2.76 bits per heavy atom. The van der Waals surface area contributed by atoms with Crippen molar-refractivity contribution in [3.63, 3.8) is 0 Å². The summed E-state index contributed by atoms with van der Waals surface area (Å²) in [6.45, 7) is 3.47. The number of aryl methyl sites for hydroxylation is 1. The van der Waals surface area contributed by atoms with Crippen LogP contribution in [-0.2, 0) is 4.79 Å². The second kappa shape index (κ2) is 4.92. The number of rotatable bonds is 2. The highest BCUT2D eigenvalue weighted by molar-refractivity contribution is 9.10. The van der Waals surface area contributed by atoms with E-state index in [1.54, 1.807) is 6.08 Å². The summed E-state index contributed by atoms with van der Waals surface area (Å²) in [7, 11) is 0. The predicted molar refractivity (Wildman–Crippen MR) is 71.4 cm³/mol. The number of benzene rings is 1. The maximum atomic E-state index is 10.8. The van der Waals surface area contributed by atoms with Crippen molar-refractivity contribution in [1.29, 1.82) is 0 Å². The summed E-state index contributed by atoms with van der Waals surface area (Å²) >= 11 is 3.51. The highest BCUT2D eigenvalue weighted by Gasteiger charge is 2.16. The van der Waals surface area contributed by atoms with Crippen molar-refractivity contribution in [2.24, 2.45) is 0 Å². The van der Waals surface area contributed by atoms with Crippen LogP contribution in [0.3, 0.4) is 0 Å². The van der Waals surface area contributed by atoms with Gasteiger partial charge in [-0.3, -0.25) is 0 Å². The fraction of sp³-hybridized carbons (Fsp3) is 0.308. The topological polar surface area (TPSA) is 40.5 Å². The average Bonchev–Trinajstić information content (AvgIpc) is 2.33. The van der Waals surface area contributed by atoms with E-state index in [0.29, 0.717) is 18.5 Å². The molecule has 0 atom stereocenters. The first kappa shape index (κ1) is 12.2. The van der Waals surface area contributed by atoms with E-state index in [9.17, 15) is 4.79 Å². The summed E-state index contributed by atoms with van der Waals surface area (Å²) in [5.41, 5.74) is 2.85. The summed E-state index contributed by atoms with van der Waals surface area (Å²) in [5, 5.41) is 8.88. The van der Waals surface area contributed by atoms with E-state index in [1.807, 2.05) is 6.92 Å². The van der Waals surface area contributed by atoms with Crippen molar-refractivity contribution in [3.8, 4) is 0 Å². The van der Waals surface area contributed by atoms with Gasteiger partial charge in [-0.25, -0.2) is 4.79 Å². The van der Waals surface area contributed by atoms with E-state index in [-0.39, 0.29) is 0 Å². The third-order valence-corrected chi connectivity index (χ3v) is 3.86. The molecule has 0 spiro atoms. The average molecular weight is 296 g/mol. The Labute approximate surface area is 109 Å². The zero-order chi connectivity index (χ0) is 12.4. The van der Waals surface area contributed by atoms with Crippen molar-refractivity contribution >= 4 is 27.6 Å². The minimum atomic E-state index is -0.797. The molecule has 0 aliphatic carbocycles. The molecule has 1 heterocycles. The van der Waals surface area contributed by atoms with E-state index in [4.69, 9.17) is 5.11 Å². The summed E-state index contributed by atoms with van der Waals surface area (Å²) in [6, 6.07) is 6.21. The van der Waals surface area contributed by atoms with Crippen molar-refractivity contribution < 1.29 is 9.90 Å².